The van der Waals surface area contributed by atoms with Gasteiger partial charge in [0.05, 0.1) is 34.9 Å². The summed E-state index contributed by atoms with van der Waals surface area (Å²) in [4.78, 5) is 14.7. The van der Waals surface area contributed by atoms with Gasteiger partial charge in [0.1, 0.15) is 0 Å². The van der Waals surface area contributed by atoms with Crippen LogP contribution in [0.4, 0.5) is 0 Å². The molecular weight excluding hydrogens is 442 g/mol. The lowest BCUT2D eigenvalue weighted by molar-refractivity contribution is -0.130. The lowest BCUT2D eigenvalue weighted by Gasteiger charge is -2.20. The van der Waals surface area contributed by atoms with E-state index in [4.69, 9.17) is 18.9 Å². The van der Waals surface area contributed by atoms with Crippen LogP contribution >= 0.6 is 0 Å². The van der Waals surface area contributed by atoms with Crippen molar-refractivity contribution < 1.29 is 28.0 Å². The van der Waals surface area contributed by atoms with Crippen LogP contribution in [0, 0.1) is 0 Å². The molecule has 0 N–H and O–H groups in total. The van der Waals surface area contributed by atoms with Crippen LogP contribution in [0.2, 0.25) is 0 Å². The molecule has 1 aliphatic rings. The largest absolute Gasteiger partial charge is 0.493 e. The van der Waals surface area contributed by atoms with Crippen molar-refractivity contribution in [2.75, 3.05) is 53.0 Å². The summed E-state index contributed by atoms with van der Waals surface area (Å²) < 4.78 is 33.9. The summed E-state index contributed by atoms with van der Waals surface area (Å²) in [6, 6.07) is 9.63. The molecule has 0 spiro atoms. The topological polar surface area (TPSA) is 74.3 Å². The Hall–Kier alpha value is -2.74. The second-order valence-corrected chi connectivity index (χ2v) is 9.62. The number of carbonyl (C=O) groups excluding carboxylic acids is 1. The monoisotopic (exact) mass is 475 g/mol. The fraction of sp³-hybridized carbons (Fsp3) is 0.480. The van der Waals surface area contributed by atoms with Gasteiger partial charge in [0.25, 0.3) is 0 Å². The highest BCUT2D eigenvalue weighted by atomic mass is 32.2. The third-order valence-corrected chi connectivity index (χ3v) is 7.32. The molecule has 1 atom stereocenters. The van der Waals surface area contributed by atoms with E-state index in [0.29, 0.717) is 66.9 Å². The van der Waals surface area contributed by atoms with Gasteiger partial charge in [-0.05, 0) is 60.2 Å². The van der Waals surface area contributed by atoms with Gasteiger partial charge in [-0.3, -0.25) is 9.00 Å². The fourth-order valence-corrected chi connectivity index (χ4v) is 5.16. The van der Waals surface area contributed by atoms with Gasteiger partial charge in [-0.1, -0.05) is 6.07 Å². The normalized spacial score (nSPS) is 14.3. The molecule has 0 aromatic heterocycles. The molecular formula is C25H33NO6S. The van der Waals surface area contributed by atoms with Gasteiger partial charge in [0.15, 0.2) is 23.0 Å². The predicted molar refractivity (Wildman–Crippen MR) is 129 cm³/mol. The lowest BCUT2D eigenvalue weighted by Crippen LogP contribution is -2.33. The highest BCUT2D eigenvalue weighted by Crippen LogP contribution is 2.32. The number of fused-ring (bicyclic) bond motifs is 1. The Morgan fingerprint density at radius 1 is 0.848 bits per heavy atom. The van der Waals surface area contributed by atoms with Crippen LogP contribution in [-0.2, 0) is 34.9 Å². The number of benzene rings is 2. The van der Waals surface area contributed by atoms with E-state index in [-0.39, 0.29) is 5.91 Å². The molecule has 0 bridgehead atoms. The van der Waals surface area contributed by atoms with E-state index in [2.05, 4.69) is 0 Å². The van der Waals surface area contributed by atoms with E-state index in [0.717, 1.165) is 23.1 Å². The first-order valence-electron chi connectivity index (χ1n) is 11.1. The van der Waals surface area contributed by atoms with Gasteiger partial charge in [-0.25, -0.2) is 0 Å². The summed E-state index contributed by atoms with van der Waals surface area (Å²) in [5, 5.41) is 0. The van der Waals surface area contributed by atoms with Crippen molar-refractivity contribution in [2.24, 2.45) is 0 Å². The van der Waals surface area contributed by atoms with Gasteiger partial charge in [-0.15, -0.1) is 0 Å². The van der Waals surface area contributed by atoms with Crippen LogP contribution in [-0.4, -0.2) is 68.1 Å². The Bertz CT molecular complexity index is 993. The minimum Gasteiger partial charge on any atom is -0.493 e. The number of carbonyl (C=O) groups is 1. The number of nitrogens with zero attached hydrogens (tertiary/aromatic N) is 1. The maximum atomic E-state index is 12.8. The number of aryl methyl sites for hydroxylation is 1. The van der Waals surface area contributed by atoms with Crippen LogP contribution < -0.4 is 18.9 Å². The highest BCUT2D eigenvalue weighted by molar-refractivity contribution is 7.84. The van der Waals surface area contributed by atoms with Crippen molar-refractivity contribution in [3.05, 3.63) is 47.0 Å². The molecule has 0 saturated heterocycles. The standard InChI is InChI=1S/C25H33NO6S/c1-29-21-7-6-18(14-22(21)30-2)9-13-33(28)12-5-10-26-11-8-19-15-23(31-3)24(32-4)16-20(19)17-25(26)27/h6-7,14-16H,5,8-13,17H2,1-4H3. The maximum Gasteiger partial charge on any atom is 0.227 e. The Balaban J connectivity index is 1.48. The molecule has 0 radical (unpaired) electrons. The third kappa shape index (κ3) is 6.41. The van der Waals surface area contributed by atoms with Crippen molar-refractivity contribution >= 4 is 16.7 Å². The molecule has 7 nitrogen and oxygen atoms in total. The second-order valence-electron chi connectivity index (χ2n) is 7.92. The Morgan fingerprint density at radius 2 is 1.48 bits per heavy atom. The van der Waals surface area contributed by atoms with Crippen LogP contribution in [0.5, 0.6) is 23.0 Å². The molecule has 180 valence electrons. The Labute approximate surface area is 198 Å². The lowest BCUT2D eigenvalue weighted by atomic mass is 10.0. The van der Waals surface area contributed by atoms with Crippen molar-refractivity contribution in [1.29, 1.82) is 0 Å². The van der Waals surface area contributed by atoms with E-state index >= 15 is 0 Å². The molecule has 2 aromatic carbocycles. The summed E-state index contributed by atoms with van der Waals surface area (Å²) in [6.45, 7) is 1.27. The van der Waals surface area contributed by atoms with E-state index in [9.17, 15) is 9.00 Å². The number of methoxy groups -OCH3 is 4. The first-order chi connectivity index (χ1) is 16.0. The number of amides is 1. The first kappa shape index (κ1) is 24.9. The average molecular weight is 476 g/mol. The predicted octanol–water partition coefficient (Wildman–Crippen LogP) is 3.03. The fourth-order valence-electron chi connectivity index (χ4n) is 4.04. The van der Waals surface area contributed by atoms with Crippen molar-refractivity contribution in [3.63, 3.8) is 0 Å². The molecule has 0 aliphatic carbocycles. The van der Waals surface area contributed by atoms with Gasteiger partial charge in [0.2, 0.25) is 5.91 Å². The summed E-state index contributed by atoms with van der Waals surface area (Å²) in [6.07, 6.45) is 2.53. The maximum absolute atomic E-state index is 12.8. The zero-order valence-electron chi connectivity index (χ0n) is 19.8. The van der Waals surface area contributed by atoms with Gasteiger partial charge in [-0.2, -0.15) is 0 Å². The van der Waals surface area contributed by atoms with Gasteiger partial charge < -0.3 is 23.8 Å². The van der Waals surface area contributed by atoms with Crippen molar-refractivity contribution in [1.82, 2.24) is 4.90 Å². The quantitative estimate of drug-likeness (QED) is 0.497. The summed E-state index contributed by atoms with van der Waals surface area (Å²) in [5.74, 6) is 3.93. The molecule has 8 heteroatoms. The summed E-state index contributed by atoms with van der Waals surface area (Å²) >= 11 is 0. The first-order valence-corrected chi connectivity index (χ1v) is 12.5. The smallest absolute Gasteiger partial charge is 0.227 e. The molecule has 1 aliphatic heterocycles. The van der Waals surface area contributed by atoms with Crippen LogP contribution in [0.15, 0.2) is 30.3 Å². The minimum absolute atomic E-state index is 0.0945. The van der Waals surface area contributed by atoms with Crippen LogP contribution in [0.3, 0.4) is 0 Å². The highest BCUT2D eigenvalue weighted by Gasteiger charge is 2.22. The molecule has 3 rings (SSSR count). The summed E-state index contributed by atoms with van der Waals surface area (Å²) in [5.41, 5.74) is 3.16. The van der Waals surface area contributed by atoms with Crippen LogP contribution in [0.25, 0.3) is 0 Å². The number of rotatable bonds is 11. The van der Waals surface area contributed by atoms with Crippen molar-refractivity contribution in [3.8, 4) is 23.0 Å². The van der Waals surface area contributed by atoms with E-state index < -0.39 is 10.8 Å². The van der Waals surface area contributed by atoms with Crippen molar-refractivity contribution in [2.45, 2.75) is 25.7 Å². The number of hydrogen-bond acceptors (Lipinski definition) is 6. The molecule has 33 heavy (non-hydrogen) atoms. The van der Waals surface area contributed by atoms with Gasteiger partial charge >= 0.3 is 0 Å². The SMILES string of the molecule is COc1ccc(CCS(=O)CCCN2CCc3cc(OC)c(OC)cc3CC2=O)cc1OC. The zero-order chi connectivity index (χ0) is 23.8. The molecule has 0 saturated carbocycles. The van der Waals surface area contributed by atoms with Crippen LogP contribution in [0.1, 0.15) is 23.1 Å². The second kappa shape index (κ2) is 11.9. The van der Waals surface area contributed by atoms with E-state index in [1.807, 2.05) is 35.2 Å². The zero-order valence-corrected chi connectivity index (χ0v) is 20.7. The molecule has 0 fully saturated rings. The number of hydrogen-bond donors (Lipinski definition) is 0. The summed E-state index contributed by atoms with van der Waals surface area (Å²) in [7, 11) is 5.48. The van der Waals surface area contributed by atoms with E-state index in [1.54, 1.807) is 28.4 Å². The Morgan fingerprint density at radius 3 is 2.15 bits per heavy atom. The Kier molecular flexibility index (Phi) is 9.00. The molecule has 2 aromatic rings. The minimum atomic E-state index is -0.948. The third-order valence-electron chi connectivity index (χ3n) is 5.92. The average Bonchev–Trinajstić information content (AvgIpc) is 2.99. The number of ether oxygens (including phenoxy) is 4. The molecule has 1 heterocycles. The molecule has 1 unspecified atom stereocenters. The van der Waals surface area contributed by atoms with Gasteiger partial charge in [0, 0.05) is 35.4 Å². The molecule has 1 amide bonds. The van der Waals surface area contributed by atoms with E-state index in [1.165, 1.54) is 0 Å².